The number of carboxylic acids is 1. The van der Waals surface area contributed by atoms with Gasteiger partial charge in [0.2, 0.25) is 29.5 Å². The molecule has 0 bridgehead atoms. The van der Waals surface area contributed by atoms with Gasteiger partial charge in [-0.1, -0.05) is 0 Å². The molecular formula is C14H24N6O7S2. The van der Waals surface area contributed by atoms with Crippen LogP contribution in [0.2, 0.25) is 0 Å². The van der Waals surface area contributed by atoms with Crippen molar-refractivity contribution >= 4 is 60.8 Å². The van der Waals surface area contributed by atoms with Crippen LogP contribution in [0, 0.1) is 0 Å². The zero-order valence-electron chi connectivity index (χ0n) is 15.3. The summed E-state index contributed by atoms with van der Waals surface area (Å²) in [6, 6.07) is -2.36. The van der Waals surface area contributed by atoms with Gasteiger partial charge in [0.15, 0.2) is 0 Å². The highest BCUT2D eigenvalue weighted by molar-refractivity contribution is 7.80. The molecule has 15 heteroatoms. The Bertz CT molecular complexity index is 634. The van der Waals surface area contributed by atoms with E-state index in [4.69, 9.17) is 10.8 Å². The second-order valence-electron chi connectivity index (χ2n) is 5.42. The Labute approximate surface area is 177 Å². The fourth-order valence-electron chi connectivity index (χ4n) is 1.63. The summed E-state index contributed by atoms with van der Waals surface area (Å²) in [4.78, 5) is 68.6. The van der Waals surface area contributed by atoms with Crippen LogP contribution in [-0.4, -0.2) is 90.4 Å². The van der Waals surface area contributed by atoms with Gasteiger partial charge >= 0.3 is 5.97 Å². The number of hydrogen-bond acceptors (Lipinski definition) is 9. The lowest BCUT2D eigenvalue weighted by Crippen LogP contribution is -2.54. The van der Waals surface area contributed by atoms with Crippen LogP contribution in [0.15, 0.2) is 0 Å². The lowest BCUT2D eigenvalue weighted by Gasteiger charge is -2.19. The van der Waals surface area contributed by atoms with Crippen molar-refractivity contribution in [3.05, 3.63) is 0 Å². The molecule has 8 N–H and O–H groups in total. The fraction of sp³-hybridized carbons (Fsp3) is 0.571. The average Bonchev–Trinajstić information content (AvgIpc) is 2.70. The number of hydrogen-bond donors (Lipinski definition) is 9. The maximum Gasteiger partial charge on any atom is 0.327 e. The van der Waals surface area contributed by atoms with Crippen molar-refractivity contribution < 1.29 is 33.9 Å². The molecule has 0 saturated carbocycles. The van der Waals surface area contributed by atoms with E-state index < -0.39 is 60.7 Å². The summed E-state index contributed by atoms with van der Waals surface area (Å²) >= 11 is 7.73. The summed E-state index contributed by atoms with van der Waals surface area (Å²) in [5.41, 5.74) is 5.05. The Morgan fingerprint density at radius 1 is 0.724 bits per heavy atom. The number of carbonyl (C=O) groups excluding carboxylic acids is 5. The van der Waals surface area contributed by atoms with Gasteiger partial charge in [0.05, 0.1) is 26.2 Å². The number of nitrogens with two attached hydrogens (primary N) is 1. The predicted molar refractivity (Wildman–Crippen MR) is 107 cm³/mol. The fourth-order valence-corrected chi connectivity index (χ4v) is 2.14. The van der Waals surface area contributed by atoms with Crippen molar-refractivity contribution in [2.24, 2.45) is 5.73 Å². The van der Waals surface area contributed by atoms with Crippen molar-refractivity contribution in [2.45, 2.75) is 12.1 Å². The minimum absolute atomic E-state index is 0.116. The predicted octanol–water partition coefficient (Wildman–Crippen LogP) is -4.79. The molecule has 0 aliphatic heterocycles. The highest BCUT2D eigenvalue weighted by atomic mass is 32.1. The molecule has 29 heavy (non-hydrogen) atoms. The number of aliphatic carboxylic acids is 1. The van der Waals surface area contributed by atoms with Gasteiger partial charge in [-0.05, 0) is 0 Å². The highest BCUT2D eigenvalue weighted by Crippen LogP contribution is 1.94. The molecule has 13 nitrogen and oxygen atoms in total. The first-order valence-corrected chi connectivity index (χ1v) is 9.45. The Balaban J connectivity index is 4.29. The van der Waals surface area contributed by atoms with Crippen LogP contribution < -0.4 is 32.3 Å². The number of amides is 5. The van der Waals surface area contributed by atoms with Crippen molar-refractivity contribution in [3.8, 4) is 0 Å². The first kappa shape index (κ1) is 26.5. The van der Waals surface area contributed by atoms with Gasteiger partial charge in [0.1, 0.15) is 12.1 Å². The smallest absolute Gasteiger partial charge is 0.327 e. The number of thiol groups is 2. The third-order valence-corrected chi connectivity index (χ3v) is 3.89. The van der Waals surface area contributed by atoms with E-state index in [1.54, 1.807) is 0 Å². The van der Waals surface area contributed by atoms with Crippen molar-refractivity contribution in [1.29, 1.82) is 0 Å². The molecule has 0 aromatic carbocycles. The summed E-state index contributed by atoms with van der Waals surface area (Å²) in [7, 11) is 0. The van der Waals surface area contributed by atoms with Crippen molar-refractivity contribution in [3.63, 3.8) is 0 Å². The number of carboxylic acid groups (broad SMARTS) is 1. The van der Waals surface area contributed by atoms with E-state index in [1.165, 1.54) is 0 Å². The Hall–Kier alpha value is -2.52. The summed E-state index contributed by atoms with van der Waals surface area (Å²) in [6.07, 6.45) is 0. The zero-order valence-corrected chi connectivity index (χ0v) is 17.1. The summed E-state index contributed by atoms with van der Waals surface area (Å²) in [5, 5.41) is 20.0. The number of rotatable bonds is 13. The van der Waals surface area contributed by atoms with Crippen LogP contribution in [0.4, 0.5) is 0 Å². The first-order valence-electron chi connectivity index (χ1n) is 8.19. The lowest BCUT2D eigenvalue weighted by atomic mass is 10.2. The SMILES string of the molecule is NCC(=O)NCC(=O)NCC(=O)NCC(=O)N[C@@H](CS)C(=O)N[C@@H](CS)C(=O)O. The molecule has 0 saturated heterocycles. The van der Waals surface area contributed by atoms with E-state index in [-0.39, 0.29) is 24.6 Å². The maximum absolute atomic E-state index is 12.0. The van der Waals surface area contributed by atoms with Crippen molar-refractivity contribution in [2.75, 3.05) is 37.7 Å². The molecule has 0 radical (unpaired) electrons. The third-order valence-electron chi connectivity index (χ3n) is 3.16. The Morgan fingerprint density at radius 3 is 1.59 bits per heavy atom. The molecule has 0 rings (SSSR count). The molecule has 0 fully saturated rings. The van der Waals surface area contributed by atoms with Crippen LogP contribution >= 0.6 is 25.3 Å². The topological polar surface area (TPSA) is 209 Å². The van der Waals surface area contributed by atoms with Crippen LogP contribution in [-0.2, 0) is 28.8 Å². The van der Waals surface area contributed by atoms with Crippen molar-refractivity contribution in [1.82, 2.24) is 26.6 Å². The lowest BCUT2D eigenvalue weighted by molar-refractivity contribution is -0.141. The monoisotopic (exact) mass is 452 g/mol. The van der Waals surface area contributed by atoms with Gasteiger partial charge in [0.25, 0.3) is 0 Å². The van der Waals surface area contributed by atoms with Gasteiger partial charge in [-0.3, -0.25) is 24.0 Å². The molecule has 0 aliphatic carbocycles. The molecule has 0 heterocycles. The molecular weight excluding hydrogens is 428 g/mol. The van der Waals surface area contributed by atoms with E-state index in [0.717, 1.165) is 0 Å². The van der Waals surface area contributed by atoms with Crippen LogP contribution in [0.3, 0.4) is 0 Å². The molecule has 0 aliphatic rings. The highest BCUT2D eigenvalue weighted by Gasteiger charge is 2.24. The minimum Gasteiger partial charge on any atom is -0.480 e. The van der Waals surface area contributed by atoms with Crippen LogP contribution in [0.25, 0.3) is 0 Å². The minimum atomic E-state index is -1.28. The maximum atomic E-state index is 12.0. The second-order valence-corrected chi connectivity index (χ2v) is 6.15. The molecule has 5 amide bonds. The quantitative estimate of drug-likeness (QED) is 0.124. The number of nitrogens with one attached hydrogen (secondary N) is 5. The summed E-state index contributed by atoms with van der Waals surface area (Å²) in [5.74, 6) is -4.90. The Morgan fingerprint density at radius 2 is 1.17 bits per heavy atom. The van der Waals surface area contributed by atoms with Gasteiger partial charge in [-0.15, -0.1) is 0 Å². The van der Waals surface area contributed by atoms with Gasteiger partial charge < -0.3 is 37.4 Å². The molecule has 164 valence electrons. The summed E-state index contributed by atoms with van der Waals surface area (Å²) in [6.45, 7) is -1.57. The zero-order chi connectivity index (χ0) is 22.4. The second kappa shape index (κ2) is 14.5. The molecule has 0 aromatic rings. The van der Waals surface area contributed by atoms with E-state index in [0.29, 0.717) is 0 Å². The molecule has 0 unspecified atom stereocenters. The van der Waals surface area contributed by atoms with Crippen LogP contribution in [0.5, 0.6) is 0 Å². The average molecular weight is 453 g/mol. The first-order chi connectivity index (χ1) is 13.6. The largest absolute Gasteiger partial charge is 0.480 e. The van der Waals surface area contributed by atoms with Gasteiger partial charge in [0, 0.05) is 11.5 Å². The van der Waals surface area contributed by atoms with Crippen LogP contribution in [0.1, 0.15) is 0 Å². The van der Waals surface area contributed by atoms with E-state index in [9.17, 15) is 28.8 Å². The van der Waals surface area contributed by atoms with Gasteiger partial charge in [-0.2, -0.15) is 25.3 Å². The Kier molecular flexibility index (Phi) is 13.2. The number of carbonyl (C=O) groups is 6. The van der Waals surface area contributed by atoms with E-state index in [2.05, 4.69) is 51.8 Å². The third kappa shape index (κ3) is 11.8. The normalized spacial score (nSPS) is 12.1. The summed E-state index contributed by atoms with van der Waals surface area (Å²) < 4.78 is 0. The standard InChI is InChI=1S/C14H24N6O7S2/c15-1-9(21)16-2-10(22)17-3-11(23)18-4-12(24)19-7(5-28)13(25)20-8(6-29)14(26)27/h7-8,28-29H,1-6,15H2,(H,16,21)(H,17,22)(H,18,23)(H,19,24)(H,20,25)(H,26,27)/t7-,8-/m0/s1. The molecule has 0 spiro atoms. The molecule has 2 atom stereocenters. The molecule has 0 aromatic heterocycles. The van der Waals surface area contributed by atoms with E-state index >= 15 is 0 Å². The van der Waals surface area contributed by atoms with E-state index in [1.807, 2.05) is 0 Å². The van der Waals surface area contributed by atoms with Gasteiger partial charge in [-0.25, -0.2) is 4.79 Å².